The number of nitrogens with one attached hydrogen (secondary N) is 1. The molecule has 1 unspecified atom stereocenters. The van der Waals surface area contributed by atoms with Crippen LogP contribution in [0.15, 0.2) is 72.3 Å². The fourth-order valence-corrected chi connectivity index (χ4v) is 6.46. The Morgan fingerprint density at radius 2 is 1.82 bits per heavy atom. The second kappa shape index (κ2) is 16.9. The highest BCUT2D eigenvalue weighted by molar-refractivity contribution is 6.07. The summed E-state index contributed by atoms with van der Waals surface area (Å²) in [4.78, 5) is 18.4. The molecule has 3 heterocycles. The summed E-state index contributed by atoms with van der Waals surface area (Å²) in [6.07, 6.45) is 6.50. The van der Waals surface area contributed by atoms with Gasteiger partial charge in [-0.3, -0.25) is 9.69 Å². The molecule has 3 aromatic carbocycles. The van der Waals surface area contributed by atoms with Crippen LogP contribution in [0, 0.1) is 0 Å². The molecular weight excluding hydrogens is 630 g/mol. The second-order valence-electron chi connectivity index (χ2n) is 13.2. The number of hydrogen-bond donors (Lipinski definition) is 1. The van der Waals surface area contributed by atoms with E-state index in [0.29, 0.717) is 37.7 Å². The maximum atomic E-state index is 13.8. The van der Waals surface area contributed by atoms with Crippen molar-refractivity contribution >= 4 is 23.4 Å². The van der Waals surface area contributed by atoms with E-state index < -0.39 is 0 Å². The lowest BCUT2D eigenvalue weighted by Crippen LogP contribution is -2.36. The SMILES string of the molecule is CCCCOC(C)Oc1ccc(-c2ccc3c(c2)C=C(C(=O)Nc2ccc(CN(C)C4CCOCC4)cc2)CCN3Cc2nnnn2C)cc1. The highest BCUT2D eigenvalue weighted by Crippen LogP contribution is 2.34. The van der Waals surface area contributed by atoms with Gasteiger partial charge in [0.2, 0.25) is 0 Å². The van der Waals surface area contributed by atoms with Gasteiger partial charge in [-0.2, -0.15) is 0 Å². The van der Waals surface area contributed by atoms with Gasteiger partial charge in [0.05, 0.1) is 13.2 Å². The highest BCUT2D eigenvalue weighted by Gasteiger charge is 2.23. The van der Waals surface area contributed by atoms with Crippen LogP contribution in [0.4, 0.5) is 11.4 Å². The summed E-state index contributed by atoms with van der Waals surface area (Å²) in [5.74, 6) is 1.40. The van der Waals surface area contributed by atoms with Crippen molar-refractivity contribution in [3.63, 3.8) is 0 Å². The number of rotatable bonds is 14. The van der Waals surface area contributed by atoms with Gasteiger partial charge in [-0.1, -0.05) is 43.7 Å². The van der Waals surface area contributed by atoms with Crippen molar-refractivity contribution < 1.29 is 19.0 Å². The maximum absolute atomic E-state index is 13.8. The molecule has 6 rings (SSSR count). The van der Waals surface area contributed by atoms with E-state index in [9.17, 15) is 4.79 Å². The van der Waals surface area contributed by atoms with E-state index in [4.69, 9.17) is 14.2 Å². The zero-order chi connectivity index (χ0) is 34.9. The summed E-state index contributed by atoms with van der Waals surface area (Å²) in [5.41, 5.74) is 6.79. The van der Waals surface area contributed by atoms with Crippen LogP contribution in [-0.2, 0) is 34.4 Å². The first-order chi connectivity index (χ1) is 24.4. The van der Waals surface area contributed by atoms with Gasteiger partial charge >= 0.3 is 0 Å². The van der Waals surface area contributed by atoms with Crippen LogP contribution in [0.3, 0.4) is 0 Å². The largest absolute Gasteiger partial charge is 0.465 e. The molecule has 0 saturated carbocycles. The van der Waals surface area contributed by atoms with E-state index in [0.717, 1.165) is 85.1 Å². The van der Waals surface area contributed by atoms with Crippen molar-refractivity contribution in [1.29, 1.82) is 0 Å². The van der Waals surface area contributed by atoms with E-state index in [1.165, 1.54) is 5.56 Å². The number of hydrogen-bond acceptors (Lipinski definition) is 9. The third-order valence-electron chi connectivity index (χ3n) is 9.48. The van der Waals surface area contributed by atoms with E-state index in [-0.39, 0.29) is 12.2 Å². The molecule has 0 aliphatic carbocycles. The number of nitrogens with zero attached hydrogens (tertiary/aromatic N) is 6. The van der Waals surface area contributed by atoms with Gasteiger partial charge < -0.3 is 24.4 Å². The fraction of sp³-hybridized carbons (Fsp3) is 0.436. The van der Waals surface area contributed by atoms with Crippen molar-refractivity contribution in [3.05, 3.63) is 89.3 Å². The molecule has 1 amide bonds. The predicted octanol–water partition coefficient (Wildman–Crippen LogP) is 6.46. The monoisotopic (exact) mass is 679 g/mol. The Hall–Kier alpha value is -4.58. The van der Waals surface area contributed by atoms with Crippen LogP contribution >= 0.6 is 0 Å². The lowest BCUT2D eigenvalue weighted by Gasteiger charge is -2.31. The Kier molecular flexibility index (Phi) is 11.9. The van der Waals surface area contributed by atoms with Gasteiger partial charge in [0, 0.05) is 56.3 Å². The van der Waals surface area contributed by atoms with Crippen LogP contribution < -0.4 is 15.0 Å². The number of tetrazole rings is 1. The molecule has 264 valence electrons. The smallest absolute Gasteiger partial charge is 0.251 e. The van der Waals surface area contributed by atoms with E-state index in [1.54, 1.807) is 4.68 Å². The molecule has 1 N–H and O–H groups in total. The topological polar surface area (TPSA) is 107 Å². The summed E-state index contributed by atoms with van der Waals surface area (Å²) >= 11 is 0. The molecule has 2 aliphatic heterocycles. The Balaban J connectivity index is 1.18. The molecule has 0 radical (unpaired) electrons. The number of ether oxygens (including phenoxy) is 3. The lowest BCUT2D eigenvalue weighted by molar-refractivity contribution is -0.112. The average Bonchev–Trinajstić information content (AvgIpc) is 3.44. The van der Waals surface area contributed by atoms with Crippen molar-refractivity contribution in [2.24, 2.45) is 7.05 Å². The number of aryl methyl sites for hydroxylation is 1. The summed E-state index contributed by atoms with van der Waals surface area (Å²) < 4.78 is 18.9. The number of aromatic nitrogens is 4. The van der Waals surface area contributed by atoms with E-state index in [2.05, 4.69) is 87.1 Å². The quantitative estimate of drug-likeness (QED) is 0.119. The molecule has 0 spiro atoms. The van der Waals surface area contributed by atoms with Crippen LogP contribution in [0.2, 0.25) is 0 Å². The summed E-state index contributed by atoms with van der Waals surface area (Å²) in [6, 6.07) is 23.2. The second-order valence-corrected chi connectivity index (χ2v) is 13.2. The Morgan fingerprint density at radius 1 is 1.06 bits per heavy atom. The average molecular weight is 680 g/mol. The molecule has 50 heavy (non-hydrogen) atoms. The molecule has 0 bridgehead atoms. The first-order valence-corrected chi connectivity index (χ1v) is 17.7. The number of carbonyl (C=O) groups is 1. The number of benzene rings is 3. The Bertz CT molecular complexity index is 1730. The molecule has 11 heteroatoms. The molecular formula is C39H49N7O4. The molecule has 1 aromatic heterocycles. The first-order valence-electron chi connectivity index (χ1n) is 17.7. The van der Waals surface area contributed by atoms with E-state index >= 15 is 0 Å². The highest BCUT2D eigenvalue weighted by atomic mass is 16.7. The number of unbranched alkanes of at least 4 members (excludes halogenated alkanes) is 1. The van der Waals surface area contributed by atoms with Gasteiger partial charge in [-0.05, 0) is 115 Å². The van der Waals surface area contributed by atoms with Crippen molar-refractivity contribution in [2.45, 2.75) is 71.4 Å². The minimum Gasteiger partial charge on any atom is -0.465 e. The summed E-state index contributed by atoms with van der Waals surface area (Å²) in [6.45, 7) is 8.42. The maximum Gasteiger partial charge on any atom is 0.251 e. The molecule has 11 nitrogen and oxygen atoms in total. The number of fused-ring (bicyclic) bond motifs is 1. The Labute approximate surface area is 295 Å². The van der Waals surface area contributed by atoms with E-state index in [1.807, 2.05) is 44.3 Å². The van der Waals surface area contributed by atoms with Crippen molar-refractivity contribution in [3.8, 4) is 16.9 Å². The lowest BCUT2D eigenvalue weighted by atomic mass is 10.00. The molecule has 1 atom stereocenters. The van der Waals surface area contributed by atoms with Gasteiger partial charge in [-0.15, -0.1) is 5.10 Å². The third-order valence-corrected chi connectivity index (χ3v) is 9.48. The van der Waals surface area contributed by atoms with Gasteiger partial charge in [0.1, 0.15) is 5.75 Å². The number of anilines is 2. The third kappa shape index (κ3) is 9.15. The molecule has 1 saturated heterocycles. The zero-order valence-corrected chi connectivity index (χ0v) is 29.7. The molecule has 2 aliphatic rings. The van der Waals surface area contributed by atoms with Crippen LogP contribution in [0.5, 0.6) is 5.75 Å². The normalized spacial score (nSPS) is 15.7. The molecule has 4 aromatic rings. The number of amides is 1. The van der Waals surface area contributed by atoms with Gasteiger partial charge in [0.15, 0.2) is 12.1 Å². The standard InChI is InChI=1S/C39H49N7O4/c1-5-6-21-49-28(2)50-36-14-9-30(10-15-36)31-11-16-37-33(24-31)25-32(17-20-46(37)27-38-41-42-43-45(38)4)39(47)40-34-12-7-29(8-13-34)26-44(3)35-18-22-48-23-19-35/h7-16,24-25,28,35H,5-6,17-23,26-27H2,1-4H3,(H,40,47). The zero-order valence-electron chi connectivity index (χ0n) is 29.7. The van der Waals surface area contributed by atoms with Gasteiger partial charge in [-0.25, -0.2) is 4.68 Å². The van der Waals surface area contributed by atoms with Crippen LogP contribution in [0.1, 0.15) is 62.9 Å². The van der Waals surface area contributed by atoms with Crippen LogP contribution in [0.25, 0.3) is 17.2 Å². The van der Waals surface area contributed by atoms with Crippen LogP contribution in [-0.4, -0.2) is 76.8 Å². The Morgan fingerprint density at radius 3 is 2.54 bits per heavy atom. The van der Waals surface area contributed by atoms with Gasteiger partial charge in [0.25, 0.3) is 5.91 Å². The predicted molar refractivity (Wildman–Crippen MR) is 196 cm³/mol. The minimum atomic E-state index is -0.313. The first kappa shape index (κ1) is 35.3. The minimum absolute atomic E-state index is 0.104. The number of carbonyl (C=O) groups excluding carboxylic acids is 1. The molecule has 1 fully saturated rings. The summed E-state index contributed by atoms with van der Waals surface area (Å²) in [5, 5.41) is 15.2. The summed E-state index contributed by atoms with van der Waals surface area (Å²) in [7, 11) is 4.02. The van der Waals surface area contributed by atoms with Crippen molar-refractivity contribution in [1.82, 2.24) is 25.1 Å². The van der Waals surface area contributed by atoms with Crippen molar-refractivity contribution in [2.75, 3.05) is 43.6 Å². The fourth-order valence-electron chi connectivity index (χ4n) is 6.46.